The maximum Gasteiger partial charge on any atom is 0.266 e. The number of amides is 1. The molecule has 0 radical (unpaired) electrons. The van der Waals surface area contributed by atoms with Gasteiger partial charge in [0, 0.05) is 5.02 Å². The van der Waals surface area contributed by atoms with Gasteiger partial charge in [0.2, 0.25) is 0 Å². The Morgan fingerprint density at radius 3 is 2.44 bits per heavy atom. The Balaban J connectivity index is 1.22. The number of para-hydroxylation sites is 1. The van der Waals surface area contributed by atoms with Crippen LogP contribution in [0.1, 0.15) is 11.1 Å². The van der Waals surface area contributed by atoms with E-state index in [-0.39, 0.29) is 17.2 Å². The molecular weight excluding hydrogens is 532 g/mol. The molecule has 0 saturated heterocycles. The minimum Gasteiger partial charge on any atom is -0.489 e. The van der Waals surface area contributed by atoms with Gasteiger partial charge in [0.1, 0.15) is 12.4 Å². The van der Waals surface area contributed by atoms with Crippen LogP contribution >= 0.6 is 23.4 Å². The molecule has 0 atom stereocenters. The number of hydrogen-bond acceptors (Lipinski definition) is 6. The number of halogens is 1. The maximum absolute atomic E-state index is 13.3. The Labute approximate surface area is 234 Å². The highest BCUT2D eigenvalue weighted by atomic mass is 35.5. The van der Waals surface area contributed by atoms with Gasteiger partial charge in [-0.1, -0.05) is 65.8 Å². The summed E-state index contributed by atoms with van der Waals surface area (Å²) < 4.78 is 7.28. The fraction of sp³-hybridized carbons (Fsp3) is 0.0667. The van der Waals surface area contributed by atoms with Gasteiger partial charge in [0.15, 0.2) is 5.16 Å². The number of rotatable bonds is 9. The molecule has 1 aromatic heterocycles. The van der Waals surface area contributed by atoms with E-state index in [1.54, 1.807) is 48.7 Å². The first-order chi connectivity index (χ1) is 19.1. The van der Waals surface area contributed by atoms with Crippen LogP contribution in [0.4, 0.5) is 0 Å². The first-order valence-electron chi connectivity index (χ1n) is 12.1. The SMILES string of the molecule is O=C(CSc1nc2ccccc2c(=O)n1-c1ccc(Cl)cc1)N/N=C\c1ccc(OCc2ccccc2)cc1. The lowest BCUT2D eigenvalue weighted by Crippen LogP contribution is -2.24. The summed E-state index contributed by atoms with van der Waals surface area (Å²) in [6, 6.07) is 31.4. The molecule has 194 valence electrons. The summed E-state index contributed by atoms with van der Waals surface area (Å²) in [6.07, 6.45) is 1.56. The second kappa shape index (κ2) is 12.4. The molecule has 4 aromatic carbocycles. The quantitative estimate of drug-likeness (QED) is 0.107. The van der Waals surface area contributed by atoms with E-state index in [1.165, 1.54) is 4.57 Å². The summed E-state index contributed by atoms with van der Waals surface area (Å²) in [5, 5.41) is 5.49. The molecule has 1 N–H and O–H groups in total. The van der Waals surface area contributed by atoms with Gasteiger partial charge in [0.05, 0.1) is 28.6 Å². The van der Waals surface area contributed by atoms with Gasteiger partial charge in [-0.2, -0.15) is 5.10 Å². The lowest BCUT2D eigenvalue weighted by Gasteiger charge is -2.13. The number of nitrogens with zero attached hydrogens (tertiary/aromatic N) is 3. The van der Waals surface area contributed by atoms with E-state index in [0.717, 1.165) is 28.6 Å². The zero-order valence-corrected chi connectivity index (χ0v) is 22.2. The standard InChI is InChI=1S/C30H23ClN4O3S/c31-23-12-14-24(15-13-23)35-29(37)26-8-4-5-9-27(26)33-30(35)39-20-28(36)34-32-18-21-10-16-25(17-11-21)38-19-22-6-2-1-3-7-22/h1-18H,19-20H2,(H,34,36)/b32-18-. The number of carbonyl (C=O) groups is 1. The summed E-state index contributed by atoms with van der Waals surface area (Å²) in [6.45, 7) is 0.486. The van der Waals surface area contributed by atoms with Crippen molar-refractivity contribution in [1.82, 2.24) is 15.0 Å². The van der Waals surface area contributed by atoms with Crippen molar-refractivity contribution in [3.63, 3.8) is 0 Å². The lowest BCUT2D eigenvalue weighted by atomic mass is 10.2. The molecule has 9 heteroatoms. The fourth-order valence-corrected chi connectivity index (χ4v) is 4.69. The summed E-state index contributed by atoms with van der Waals surface area (Å²) in [7, 11) is 0. The Kier molecular flexibility index (Phi) is 8.36. The Hall–Kier alpha value is -4.40. The van der Waals surface area contributed by atoms with Crippen LogP contribution in [0.5, 0.6) is 5.75 Å². The molecule has 0 fully saturated rings. The molecule has 0 bridgehead atoms. The monoisotopic (exact) mass is 554 g/mol. The van der Waals surface area contributed by atoms with Crippen molar-refractivity contribution in [3.05, 3.63) is 130 Å². The van der Waals surface area contributed by atoms with E-state index >= 15 is 0 Å². The van der Waals surface area contributed by atoms with Crippen LogP contribution in [0.15, 0.2) is 118 Å². The van der Waals surface area contributed by atoms with E-state index in [2.05, 4.69) is 15.5 Å². The predicted molar refractivity (Wildman–Crippen MR) is 156 cm³/mol. The molecule has 0 saturated carbocycles. The van der Waals surface area contributed by atoms with Gasteiger partial charge in [-0.3, -0.25) is 14.2 Å². The summed E-state index contributed by atoms with van der Waals surface area (Å²) in [5.74, 6) is 0.428. The molecule has 5 rings (SSSR count). The van der Waals surface area contributed by atoms with Crippen molar-refractivity contribution >= 4 is 46.4 Å². The number of hydrogen-bond donors (Lipinski definition) is 1. The number of benzene rings is 4. The summed E-state index contributed by atoms with van der Waals surface area (Å²) in [5.41, 5.74) is 5.37. The highest BCUT2D eigenvalue weighted by molar-refractivity contribution is 7.99. The van der Waals surface area contributed by atoms with Crippen LogP contribution < -0.4 is 15.7 Å². The van der Waals surface area contributed by atoms with Crippen molar-refractivity contribution in [2.75, 3.05) is 5.75 Å². The van der Waals surface area contributed by atoms with Crippen LogP contribution in [0.25, 0.3) is 16.6 Å². The van der Waals surface area contributed by atoms with Crippen LogP contribution in [0.3, 0.4) is 0 Å². The van der Waals surface area contributed by atoms with Gasteiger partial charge in [0.25, 0.3) is 11.5 Å². The molecule has 0 aliphatic carbocycles. The highest BCUT2D eigenvalue weighted by Crippen LogP contribution is 2.22. The maximum atomic E-state index is 13.3. The van der Waals surface area contributed by atoms with Crippen molar-refractivity contribution < 1.29 is 9.53 Å². The van der Waals surface area contributed by atoms with Gasteiger partial charge in [-0.05, 0) is 71.8 Å². The second-order valence-electron chi connectivity index (χ2n) is 8.45. The number of ether oxygens (including phenoxy) is 1. The summed E-state index contributed by atoms with van der Waals surface area (Å²) >= 11 is 7.18. The first-order valence-corrected chi connectivity index (χ1v) is 13.4. The topological polar surface area (TPSA) is 85.6 Å². The zero-order valence-electron chi connectivity index (χ0n) is 20.7. The van der Waals surface area contributed by atoms with E-state index in [0.29, 0.717) is 33.4 Å². The molecule has 1 heterocycles. The van der Waals surface area contributed by atoms with Crippen LogP contribution in [0, 0.1) is 0 Å². The Morgan fingerprint density at radius 2 is 1.67 bits per heavy atom. The number of fused-ring (bicyclic) bond motifs is 1. The van der Waals surface area contributed by atoms with Crippen LogP contribution in [0.2, 0.25) is 5.02 Å². The van der Waals surface area contributed by atoms with E-state index in [9.17, 15) is 9.59 Å². The van der Waals surface area contributed by atoms with Crippen molar-refractivity contribution in [2.45, 2.75) is 11.8 Å². The Bertz CT molecular complexity index is 1670. The average Bonchev–Trinajstić information content (AvgIpc) is 2.97. The molecule has 39 heavy (non-hydrogen) atoms. The van der Waals surface area contributed by atoms with Gasteiger partial charge in [-0.25, -0.2) is 10.4 Å². The zero-order chi connectivity index (χ0) is 27.0. The van der Waals surface area contributed by atoms with Gasteiger partial charge in [-0.15, -0.1) is 0 Å². The molecule has 5 aromatic rings. The van der Waals surface area contributed by atoms with Crippen LogP contribution in [-0.4, -0.2) is 27.4 Å². The lowest BCUT2D eigenvalue weighted by molar-refractivity contribution is -0.118. The third-order valence-corrected chi connectivity index (χ3v) is 6.88. The van der Waals surface area contributed by atoms with Crippen LogP contribution in [-0.2, 0) is 11.4 Å². The molecule has 7 nitrogen and oxygen atoms in total. The molecule has 0 aliphatic heterocycles. The van der Waals surface area contributed by atoms with Gasteiger partial charge < -0.3 is 4.74 Å². The molecule has 1 amide bonds. The average molecular weight is 555 g/mol. The molecular formula is C30H23ClN4O3S. The number of aromatic nitrogens is 2. The highest BCUT2D eigenvalue weighted by Gasteiger charge is 2.14. The number of thioether (sulfide) groups is 1. The van der Waals surface area contributed by atoms with Crippen molar-refractivity contribution in [1.29, 1.82) is 0 Å². The van der Waals surface area contributed by atoms with Gasteiger partial charge >= 0.3 is 0 Å². The molecule has 0 aliphatic rings. The third-order valence-electron chi connectivity index (χ3n) is 5.69. The first kappa shape index (κ1) is 26.2. The van der Waals surface area contributed by atoms with E-state index in [4.69, 9.17) is 16.3 Å². The minimum atomic E-state index is -0.330. The number of nitrogens with one attached hydrogen (secondary N) is 1. The minimum absolute atomic E-state index is 0.0158. The Morgan fingerprint density at radius 1 is 0.949 bits per heavy atom. The largest absolute Gasteiger partial charge is 0.489 e. The fourth-order valence-electron chi connectivity index (χ4n) is 3.76. The third kappa shape index (κ3) is 6.73. The second-order valence-corrected chi connectivity index (χ2v) is 9.83. The smallest absolute Gasteiger partial charge is 0.266 e. The van der Waals surface area contributed by atoms with E-state index < -0.39 is 0 Å². The molecule has 0 spiro atoms. The predicted octanol–water partition coefficient (Wildman–Crippen LogP) is 5.86. The number of carbonyl (C=O) groups excluding carboxylic acids is 1. The normalized spacial score (nSPS) is 11.1. The van der Waals surface area contributed by atoms with Crippen molar-refractivity contribution in [2.24, 2.45) is 5.10 Å². The number of hydrazone groups is 1. The van der Waals surface area contributed by atoms with E-state index in [1.807, 2.05) is 60.7 Å². The molecule has 0 unspecified atom stereocenters. The van der Waals surface area contributed by atoms with Crippen molar-refractivity contribution in [3.8, 4) is 11.4 Å². The summed E-state index contributed by atoms with van der Waals surface area (Å²) in [4.78, 5) is 30.5.